The van der Waals surface area contributed by atoms with Crippen LogP contribution in [0.2, 0.25) is 0 Å². The maximum Gasteiger partial charge on any atom is 0.0158 e. The molecule has 0 spiro atoms. The van der Waals surface area contributed by atoms with Crippen molar-refractivity contribution in [1.29, 1.82) is 0 Å². The van der Waals surface area contributed by atoms with E-state index in [2.05, 4.69) is 46.4 Å². The topological polar surface area (TPSA) is 12.0 Å². The Kier molecular flexibility index (Phi) is 2.04. The zero-order valence-electron chi connectivity index (χ0n) is 8.36. The van der Waals surface area contributed by atoms with Crippen LogP contribution in [0.3, 0.4) is 0 Å². The summed E-state index contributed by atoms with van der Waals surface area (Å²) in [4.78, 5) is 0. The first-order valence-corrected chi connectivity index (χ1v) is 4.46. The first kappa shape index (κ1) is 9.05. The molecule has 1 radical (unpaired) electrons. The summed E-state index contributed by atoms with van der Waals surface area (Å²) in [6, 6.07) is 0. The van der Waals surface area contributed by atoms with E-state index in [9.17, 15) is 0 Å². The SMILES string of the molecule is CC1[CH]CC(C)(C)NC1(C)C. The molecular formula is C10H20N. The van der Waals surface area contributed by atoms with Gasteiger partial charge in [-0.15, -0.1) is 0 Å². The first-order chi connectivity index (χ1) is 4.83. The van der Waals surface area contributed by atoms with Crippen molar-refractivity contribution >= 4 is 0 Å². The molecule has 0 aromatic carbocycles. The predicted molar refractivity (Wildman–Crippen MR) is 49.4 cm³/mol. The average Bonchev–Trinajstić information content (AvgIpc) is 1.77. The number of hydrogen-bond acceptors (Lipinski definition) is 1. The first-order valence-electron chi connectivity index (χ1n) is 4.46. The Balaban J connectivity index is 2.67. The Morgan fingerprint density at radius 2 is 1.82 bits per heavy atom. The highest BCUT2D eigenvalue weighted by atomic mass is 15.1. The molecule has 1 heteroatoms. The van der Waals surface area contributed by atoms with E-state index >= 15 is 0 Å². The van der Waals surface area contributed by atoms with Gasteiger partial charge in [0.2, 0.25) is 0 Å². The molecule has 0 amide bonds. The van der Waals surface area contributed by atoms with Crippen LogP contribution in [0.1, 0.15) is 41.0 Å². The quantitative estimate of drug-likeness (QED) is 0.565. The van der Waals surface area contributed by atoms with Gasteiger partial charge in [0, 0.05) is 11.1 Å². The normalized spacial score (nSPS) is 35.2. The van der Waals surface area contributed by atoms with Gasteiger partial charge < -0.3 is 5.32 Å². The largest absolute Gasteiger partial charge is 0.307 e. The predicted octanol–water partition coefficient (Wildman–Crippen LogP) is 2.38. The lowest BCUT2D eigenvalue weighted by Gasteiger charge is -2.46. The molecule has 1 aliphatic heterocycles. The fourth-order valence-electron chi connectivity index (χ4n) is 1.80. The van der Waals surface area contributed by atoms with E-state index in [0.29, 0.717) is 5.92 Å². The molecule has 1 atom stereocenters. The van der Waals surface area contributed by atoms with Crippen LogP contribution in [0, 0.1) is 12.3 Å². The van der Waals surface area contributed by atoms with Crippen LogP contribution in [0.25, 0.3) is 0 Å². The summed E-state index contributed by atoms with van der Waals surface area (Å²) in [5, 5.41) is 3.65. The Morgan fingerprint density at radius 1 is 1.27 bits per heavy atom. The molecule has 0 aromatic heterocycles. The molecule has 0 aliphatic carbocycles. The highest BCUT2D eigenvalue weighted by Crippen LogP contribution is 2.31. The molecular weight excluding hydrogens is 134 g/mol. The zero-order valence-corrected chi connectivity index (χ0v) is 8.36. The van der Waals surface area contributed by atoms with E-state index < -0.39 is 0 Å². The maximum absolute atomic E-state index is 3.65. The van der Waals surface area contributed by atoms with E-state index in [4.69, 9.17) is 0 Å². The molecule has 1 heterocycles. The summed E-state index contributed by atoms with van der Waals surface area (Å²) in [7, 11) is 0. The van der Waals surface area contributed by atoms with Gasteiger partial charge in [-0.25, -0.2) is 0 Å². The van der Waals surface area contributed by atoms with Crippen LogP contribution >= 0.6 is 0 Å². The smallest absolute Gasteiger partial charge is 0.0158 e. The van der Waals surface area contributed by atoms with Gasteiger partial charge in [-0.3, -0.25) is 0 Å². The van der Waals surface area contributed by atoms with Crippen molar-refractivity contribution in [1.82, 2.24) is 5.32 Å². The summed E-state index contributed by atoms with van der Waals surface area (Å²) in [6.45, 7) is 11.3. The minimum atomic E-state index is 0.266. The van der Waals surface area contributed by atoms with Gasteiger partial charge in [-0.2, -0.15) is 0 Å². The van der Waals surface area contributed by atoms with Gasteiger partial charge in [0.15, 0.2) is 0 Å². The van der Waals surface area contributed by atoms with Crippen molar-refractivity contribution in [3.8, 4) is 0 Å². The van der Waals surface area contributed by atoms with Crippen molar-refractivity contribution in [2.75, 3.05) is 0 Å². The zero-order chi connectivity index (χ0) is 8.70. The molecule has 1 nitrogen and oxygen atoms in total. The third kappa shape index (κ3) is 1.96. The lowest BCUT2D eigenvalue weighted by atomic mass is 9.76. The van der Waals surface area contributed by atoms with Gasteiger partial charge in [0.05, 0.1) is 0 Å². The lowest BCUT2D eigenvalue weighted by molar-refractivity contribution is 0.166. The van der Waals surface area contributed by atoms with E-state index in [1.165, 1.54) is 6.42 Å². The molecule has 65 valence electrons. The van der Waals surface area contributed by atoms with E-state index in [1.54, 1.807) is 0 Å². The van der Waals surface area contributed by atoms with Crippen molar-refractivity contribution in [3.63, 3.8) is 0 Å². The van der Waals surface area contributed by atoms with Crippen LogP contribution in [0.15, 0.2) is 0 Å². The third-order valence-corrected chi connectivity index (χ3v) is 2.78. The number of hydrogen-bond donors (Lipinski definition) is 1. The highest BCUT2D eigenvalue weighted by molar-refractivity contribution is 5.04. The molecule has 11 heavy (non-hydrogen) atoms. The molecule has 1 N–H and O–H groups in total. The molecule has 0 aromatic rings. The van der Waals surface area contributed by atoms with Crippen molar-refractivity contribution in [3.05, 3.63) is 6.42 Å². The van der Waals surface area contributed by atoms with E-state index in [1.807, 2.05) is 0 Å². The lowest BCUT2D eigenvalue weighted by Crippen LogP contribution is -2.59. The second kappa shape index (κ2) is 2.48. The van der Waals surface area contributed by atoms with Crippen LogP contribution in [0.5, 0.6) is 0 Å². The van der Waals surface area contributed by atoms with Crippen LogP contribution in [-0.4, -0.2) is 11.1 Å². The summed E-state index contributed by atoms with van der Waals surface area (Å²) >= 11 is 0. The van der Waals surface area contributed by atoms with Crippen molar-refractivity contribution in [2.45, 2.75) is 52.1 Å². The van der Waals surface area contributed by atoms with Crippen LogP contribution in [0.4, 0.5) is 0 Å². The Hall–Kier alpha value is -0.0400. The van der Waals surface area contributed by atoms with Crippen molar-refractivity contribution in [2.24, 2.45) is 5.92 Å². The van der Waals surface area contributed by atoms with Gasteiger partial charge in [-0.05, 0) is 46.5 Å². The monoisotopic (exact) mass is 154 g/mol. The van der Waals surface area contributed by atoms with E-state index in [-0.39, 0.29) is 11.1 Å². The van der Waals surface area contributed by atoms with Gasteiger partial charge in [-0.1, -0.05) is 6.92 Å². The van der Waals surface area contributed by atoms with Gasteiger partial charge in [0.25, 0.3) is 0 Å². The summed E-state index contributed by atoms with van der Waals surface area (Å²) in [5.41, 5.74) is 0.553. The third-order valence-electron chi connectivity index (χ3n) is 2.78. The molecule has 1 unspecified atom stereocenters. The van der Waals surface area contributed by atoms with Gasteiger partial charge >= 0.3 is 0 Å². The molecule has 1 aliphatic rings. The van der Waals surface area contributed by atoms with Gasteiger partial charge in [0.1, 0.15) is 0 Å². The fourth-order valence-corrected chi connectivity index (χ4v) is 1.80. The molecule has 0 saturated carbocycles. The summed E-state index contributed by atoms with van der Waals surface area (Å²) < 4.78 is 0. The summed E-state index contributed by atoms with van der Waals surface area (Å²) in [5.74, 6) is 0.676. The highest BCUT2D eigenvalue weighted by Gasteiger charge is 2.36. The molecule has 1 rings (SSSR count). The second-order valence-corrected chi connectivity index (χ2v) is 4.96. The Bertz CT molecular complexity index is 147. The van der Waals surface area contributed by atoms with Crippen LogP contribution < -0.4 is 5.32 Å². The molecule has 0 bridgehead atoms. The number of nitrogens with one attached hydrogen (secondary N) is 1. The number of rotatable bonds is 0. The summed E-state index contributed by atoms with van der Waals surface area (Å²) in [6.07, 6.45) is 3.61. The second-order valence-electron chi connectivity index (χ2n) is 4.96. The Morgan fingerprint density at radius 3 is 2.18 bits per heavy atom. The maximum atomic E-state index is 3.65. The van der Waals surface area contributed by atoms with Crippen LogP contribution in [-0.2, 0) is 0 Å². The minimum absolute atomic E-state index is 0.266. The molecule has 1 saturated heterocycles. The minimum Gasteiger partial charge on any atom is -0.307 e. The standard InChI is InChI=1S/C10H20N/c1-8-6-7-9(2,3)11-10(8,4)5/h6,8,11H,7H2,1-5H3. The van der Waals surface area contributed by atoms with E-state index in [0.717, 1.165) is 0 Å². The fraction of sp³-hybridized carbons (Fsp3) is 0.900. The molecule has 1 fully saturated rings. The number of piperidine rings is 1. The average molecular weight is 154 g/mol. The van der Waals surface area contributed by atoms with Crippen molar-refractivity contribution < 1.29 is 0 Å². The Labute approximate surface area is 70.6 Å².